The molecule has 150 valence electrons. The Bertz CT molecular complexity index is 1440. The fourth-order valence-electron chi connectivity index (χ4n) is 4.52. The first kappa shape index (κ1) is 18.5. The smallest absolute Gasteiger partial charge is 0.189 e. The summed E-state index contributed by atoms with van der Waals surface area (Å²) in [5, 5.41) is 4.68. The van der Waals surface area contributed by atoms with Gasteiger partial charge in [-0.25, -0.2) is 4.98 Å². The normalized spacial score (nSPS) is 13.5. The van der Waals surface area contributed by atoms with Gasteiger partial charge in [0.1, 0.15) is 5.44 Å². The molecule has 3 nitrogen and oxygen atoms in total. The number of rotatable bonds is 3. The minimum absolute atomic E-state index is 0.582. The molecule has 1 aromatic heterocycles. The molecule has 1 aliphatic heterocycles. The first-order valence-electron chi connectivity index (χ1n) is 10.4. The molecule has 4 heteroatoms. The van der Waals surface area contributed by atoms with Crippen LogP contribution in [0.1, 0.15) is 11.1 Å². The van der Waals surface area contributed by atoms with Crippen LogP contribution in [0.3, 0.4) is 0 Å². The summed E-state index contributed by atoms with van der Waals surface area (Å²) in [6.45, 7) is 1.20. The Morgan fingerprint density at radius 1 is 0.645 bits per heavy atom. The third kappa shape index (κ3) is 2.85. The van der Waals surface area contributed by atoms with E-state index < -0.39 is 7.14 Å². The molecule has 1 aliphatic rings. The van der Waals surface area contributed by atoms with Crippen LogP contribution < -0.4 is 16.0 Å². The predicted octanol–water partition coefficient (Wildman–Crippen LogP) is 5.06. The van der Waals surface area contributed by atoms with Gasteiger partial charge in [-0.05, 0) is 34.7 Å². The summed E-state index contributed by atoms with van der Waals surface area (Å²) in [5.74, 6) is 0. The van der Waals surface area contributed by atoms with Gasteiger partial charge in [-0.15, -0.1) is 0 Å². The van der Waals surface area contributed by atoms with Gasteiger partial charge in [0.15, 0.2) is 7.14 Å². The maximum Gasteiger partial charge on any atom is 0.189 e. The zero-order chi connectivity index (χ0) is 20.8. The SMILES string of the molecule is O=P(c1ccccc1)(c1ccccc1)c1nc2ccccc2c2cc3c(cc12)COC3. The molecule has 0 unspecified atom stereocenters. The highest BCUT2D eigenvalue weighted by molar-refractivity contribution is 7.85. The van der Waals surface area contributed by atoms with Crippen molar-refractivity contribution >= 4 is 44.9 Å². The number of aromatic nitrogens is 1. The number of ether oxygens (including phenoxy) is 1. The Morgan fingerprint density at radius 2 is 1.19 bits per heavy atom. The molecule has 0 fully saturated rings. The topological polar surface area (TPSA) is 39.2 Å². The molecule has 5 aromatic rings. The number of hydrogen-bond donors (Lipinski definition) is 0. The molecule has 6 rings (SSSR count). The zero-order valence-corrected chi connectivity index (χ0v) is 17.8. The molecule has 0 bridgehead atoms. The standard InChI is InChI=1S/C27H20NO2P/c29-31(21-9-3-1-4-10-21,22-11-5-2-6-12-22)27-25-16-20-18-30-17-19(20)15-24(25)23-13-7-8-14-26(23)28-27/h1-16H,17-18H2. The molecule has 0 atom stereocenters. The zero-order valence-electron chi connectivity index (χ0n) is 16.9. The molecular formula is C27H20NO2P. The van der Waals surface area contributed by atoms with Crippen LogP contribution in [0, 0.1) is 0 Å². The fourth-order valence-corrected chi connectivity index (χ4v) is 7.26. The molecule has 0 saturated heterocycles. The number of para-hydroxylation sites is 1. The summed E-state index contributed by atoms with van der Waals surface area (Å²) < 4.78 is 20.8. The summed E-state index contributed by atoms with van der Waals surface area (Å²) in [6.07, 6.45) is 0. The van der Waals surface area contributed by atoms with E-state index in [-0.39, 0.29) is 0 Å². The van der Waals surface area contributed by atoms with Crippen LogP contribution in [0.25, 0.3) is 21.7 Å². The Morgan fingerprint density at radius 3 is 1.84 bits per heavy atom. The van der Waals surface area contributed by atoms with Crippen molar-refractivity contribution in [2.75, 3.05) is 0 Å². The van der Waals surface area contributed by atoms with Crippen LogP contribution in [0.4, 0.5) is 0 Å². The van der Waals surface area contributed by atoms with Crippen LogP contribution in [-0.2, 0) is 22.5 Å². The van der Waals surface area contributed by atoms with E-state index in [9.17, 15) is 0 Å². The average Bonchev–Trinajstić information content (AvgIpc) is 3.30. The van der Waals surface area contributed by atoms with Gasteiger partial charge < -0.3 is 9.30 Å². The van der Waals surface area contributed by atoms with Gasteiger partial charge >= 0.3 is 0 Å². The Kier molecular flexibility index (Phi) is 4.27. The van der Waals surface area contributed by atoms with Gasteiger partial charge in [0.25, 0.3) is 0 Å². The van der Waals surface area contributed by atoms with Gasteiger partial charge in [0.05, 0.1) is 18.7 Å². The monoisotopic (exact) mass is 421 g/mol. The van der Waals surface area contributed by atoms with E-state index >= 15 is 4.57 Å². The number of pyridine rings is 1. The van der Waals surface area contributed by atoms with Crippen LogP contribution >= 0.6 is 7.14 Å². The molecule has 4 aromatic carbocycles. The number of hydrogen-bond acceptors (Lipinski definition) is 3. The Balaban J connectivity index is 1.79. The van der Waals surface area contributed by atoms with E-state index in [4.69, 9.17) is 9.72 Å². The average molecular weight is 421 g/mol. The number of fused-ring (bicyclic) bond motifs is 4. The first-order chi connectivity index (χ1) is 15.2. The maximum absolute atomic E-state index is 15.1. The van der Waals surface area contributed by atoms with Gasteiger partial charge in [0, 0.05) is 21.4 Å². The highest BCUT2D eigenvalue weighted by Crippen LogP contribution is 2.45. The van der Waals surface area contributed by atoms with Crippen molar-refractivity contribution in [2.24, 2.45) is 0 Å². The van der Waals surface area contributed by atoms with Gasteiger partial charge in [-0.1, -0.05) is 78.9 Å². The lowest BCUT2D eigenvalue weighted by atomic mass is 10.0. The largest absolute Gasteiger partial charge is 0.372 e. The van der Waals surface area contributed by atoms with E-state index in [1.807, 2.05) is 78.9 Å². The molecule has 0 spiro atoms. The van der Waals surface area contributed by atoms with E-state index in [1.54, 1.807) is 0 Å². The van der Waals surface area contributed by atoms with Crippen molar-refractivity contribution in [3.8, 4) is 0 Å². The predicted molar refractivity (Wildman–Crippen MR) is 127 cm³/mol. The van der Waals surface area contributed by atoms with E-state index in [2.05, 4.69) is 18.2 Å². The third-order valence-corrected chi connectivity index (χ3v) is 9.04. The quantitative estimate of drug-likeness (QED) is 0.302. The number of benzene rings is 4. The molecule has 0 aliphatic carbocycles. The summed E-state index contributed by atoms with van der Waals surface area (Å²) in [7, 11) is -3.20. The van der Waals surface area contributed by atoms with Crippen molar-refractivity contribution in [1.82, 2.24) is 4.98 Å². The Labute approximate surface area is 180 Å². The molecule has 31 heavy (non-hydrogen) atoms. The molecule has 0 saturated carbocycles. The molecule has 2 heterocycles. The van der Waals surface area contributed by atoms with E-state index in [1.165, 1.54) is 5.56 Å². The summed E-state index contributed by atoms with van der Waals surface area (Å²) in [4.78, 5) is 5.05. The minimum Gasteiger partial charge on any atom is -0.372 e. The lowest BCUT2D eigenvalue weighted by molar-refractivity contribution is 0.134. The summed E-state index contributed by atoms with van der Waals surface area (Å²) in [5.41, 5.74) is 3.85. The van der Waals surface area contributed by atoms with E-state index in [0.29, 0.717) is 18.6 Å². The summed E-state index contributed by atoms with van der Waals surface area (Å²) >= 11 is 0. The second kappa shape index (κ2) is 7.16. The summed E-state index contributed by atoms with van der Waals surface area (Å²) in [6, 6.07) is 31.9. The second-order valence-corrected chi connectivity index (χ2v) is 10.6. The molecular weight excluding hydrogens is 401 g/mol. The highest BCUT2D eigenvalue weighted by Gasteiger charge is 2.34. The van der Waals surface area contributed by atoms with Crippen LogP contribution in [0.5, 0.6) is 0 Å². The number of nitrogens with zero attached hydrogens (tertiary/aromatic N) is 1. The van der Waals surface area contributed by atoms with Crippen molar-refractivity contribution in [3.05, 3.63) is 108 Å². The lowest BCUT2D eigenvalue weighted by Crippen LogP contribution is -2.27. The highest BCUT2D eigenvalue weighted by atomic mass is 31.2. The maximum atomic E-state index is 15.1. The third-order valence-electron chi connectivity index (χ3n) is 6.05. The van der Waals surface area contributed by atoms with Gasteiger partial charge in [-0.3, -0.25) is 0 Å². The van der Waals surface area contributed by atoms with Crippen molar-refractivity contribution in [2.45, 2.75) is 13.2 Å². The Hall–Kier alpha value is -3.26. The fraction of sp³-hybridized carbons (Fsp3) is 0.0741. The first-order valence-corrected chi connectivity index (χ1v) is 12.1. The molecule has 0 N–H and O–H groups in total. The van der Waals surface area contributed by atoms with E-state index in [0.717, 1.165) is 37.8 Å². The van der Waals surface area contributed by atoms with Gasteiger partial charge in [0.2, 0.25) is 0 Å². The minimum atomic E-state index is -3.20. The van der Waals surface area contributed by atoms with Crippen molar-refractivity contribution in [3.63, 3.8) is 0 Å². The van der Waals surface area contributed by atoms with Crippen molar-refractivity contribution in [1.29, 1.82) is 0 Å². The van der Waals surface area contributed by atoms with Crippen LogP contribution in [0.15, 0.2) is 97.1 Å². The van der Waals surface area contributed by atoms with Gasteiger partial charge in [-0.2, -0.15) is 0 Å². The lowest BCUT2D eigenvalue weighted by Gasteiger charge is -2.22. The van der Waals surface area contributed by atoms with Crippen molar-refractivity contribution < 1.29 is 9.30 Å². The molecule has 0 amide bonds. The van der Waals surface area contributed by atoms with Crippen LogP contribution in [-0.4, -0.2) is 4.98 Å². The second-order valence-electron chi connectivity index (χ2n) is 7.89. The van der Waals surface area contributed by atoms with Crippen LogP contribution in [0.2, 0.25) is 0 Å². The molecule has 0 radical (unpaired) electrons.